The van der Waals surface area contributed by atoms with Crippen LogP contribution in [0, 0.1) is 6.92 Å². The summed E-state index contributed by atoms with van der Waals surface area (Å²) in [6.45, 7) is 3.44. The van der Waals surface area contributed by atoms with Crippen LogP contribution in [0.15, 0.2) is 12.4 Å². The van der Waals surface area contributed by atoms with E-state index in [1.54, 1.807) is 19.3 Å². The Bertz CT molecular complexity index is 282. The number of nitrogens with zero attached hydrogens (tertiary/aromatic N) is 2. The second-order valence-electron chi connectivity index (χ2n) is 2.65. The van der Waals surface area contributed by atoms with Crippen molar-refractivity contribution in [3.05, 3.63) is 18.0 Å². The van der Waals surface area contributed by atoms with E-state index in [0.717, 1.165) is 5.56 Å². The van der Waals surface area contributed by atoms with Crippen molar-refractivity contribution < 1.29 is 9.90 Å². The number of nitrogens with one attached hydrogen (secondary N) is 1. The van der Waals surface area contributed by atoms with Crippen LogP contribution in [0.5, 0.6) is 0 Å². The zero-order valence-corrected chi connectivity index (χ0v) is 6.98. The molecule has 1 heterocycles. The highest BCUT2D eigenvalue weighted by atomic mass is 16.4. The molecule has 5 nitrogen and oxygen atoms in total. The number of aryl methyl sites for hydroxylation is 1. The van der Waals surface area contributed by atoms with E-state index in [2.05, 4.69) is 10.5 Å². The molecule has 66 valence electrons. The van der Waals surface area contributed by atoms with Crippen molar-refractivity contribution in [2.24, 2.45) is 0 Å². The highest BCUT2D eigenvalue weighted by molar-refractivity contribution is 5.74. The van der Waals surface area contributed by atoms with E-state index in [1.807, 2.05) is 6.92 Å². The third kappa shape index (κ3) is 1.98. The fraction of sp³-hybridized carbons (Fsp3) is 0.429. The van der Waals surface area contributed by atoms with Crippen LogP contribution in [0.2, 0.25) is 0 Å². The number of hydrogen-bond donors (Lipinski definition) is 2. The average molecular weight is 169 g/mol. The van der Waals surface area contributed by atoms with Gasteiger partial charge in [0.15, 0.2) is 0 Å². The minimum atomic E-state index is -0.900. The van der Waals surface area contributed by atoms with Crippen LogP contribution < -0.4 is 5.43 Å². The largest absolute Gasteiger partial charge is 0.480 e. The maximum Gasteiger partial charge on any atom is 0.327 e. The standard InChI is InChI=1S/C7H11N3O2/c1-5-3-8-10(4-5)9-6(2)7(11)12/h3-4,6,9H,1-2H3,(H,11,12)/t6-/m0/s1. The van der Waals surface area contributed by atoms with E-state index in [9.17, 15) is 4.79 Å². The first-order valence-electron chi connectivity index (χ1n) is 3.60. The molecule has 0 spiro atoms. The monoisotopic (exact) mass is 169 g/mol. The van der Waals surface area contributed by atoms with Gasteiger partial charge in [-0.1, -0.05) is 0 Å². The van der Waals surface area contributed by atoms with E-state index in [4.69, 9.17) is 5.11 Å². The van der Waals surface area contributed by atoms with E-state index >= 15 is 0 Å². The second-order valence-corrected chi connectivity index (χ2v) is 2.65. The van der Waals surface area contributed by atoms with Crippen LogP contribution in [0.4, 0.5) is 0 Å². The Kier molecular flexibility index (Phi) is 2.32. The molecule has 0 fully saturated rings. The predicted molar refractivity (Wildman–Crippen MR) is 43.4 cm³/mol. The summed E-state index contributed by atoms with van der Waals surface area (Å²) >= 11 is 0. The molecule has 0 unspecified atom stereocenters. The third-order valence-corrected chi connectivity index (χ3v) is 1.41. The molecule has 1 atom stereocenters. The highest BCUT2D eigenvalue weighted by Crippen LogP contribution is 1.92. The van der Waals surface area contributed by atoms with Crippen LogP contribution in [0.3, 0.4) is 0 Å². The maximum atomic E-state index is 10.4. The summed E-state index contributed by atoms with van der Waals surface area (Å²) in [5.41, 5.74) is 3.65. The molecule has 2 N–H and O–H groups in total. The Hall–Kier alpha value is -1.52. The minimum Gasteiger partial charge on any atom is -0.480 e. The van der Waals surface area contributed by atoms with Gasteiger partial charge in [0.1, 0.15) is 6.04 Å². The number of aromatic nitrogens is 2. The fourth-order valence-corrected chi connectivity index (χ4v) is 0.737. The van der Waals surface area contributed by atoms with Gasteiger partial charge in [0, 0.05) is 0 Å². The molecule has 0 saturated heterocycles. The zero-order valence-electron chi connectivity index (χ0n) is 6.98. The summed E-state index contributed by atoms with van der Waals surface area (Å²) in [5.74, 6) is -0.900. The first-order chi connectivity index (χ1) is 5.59. The van der Waals surface area contributed by atoms with Gasteiger partial charge in [0.25, 0.3) is 0 Å². The van der Waals surface area contributed by atoms with E-state index in [-0.39, 0.29) is 0 Å². The topological polar surface area (TPSA) is 67.2 Å². The van der Waals surface area contributed by atoms with Crippen molar-refractivity contribution in [3.8, 4) is 0 Å². The molecule has 0 aliphatic carbocycles. The lowest BCUT2D eigenvalue weighted by atomic mass is 10.4. The van der Waals surface area contributed by atoms with Crippen molar-refractivity contribution in [3.63, 3.8) is 0 Å². The number of carboxylic acids is 1. The molecule has 1 aromatic rings. The molecule has 12 heavy (non-hydrogen) atoms. The minimum absolute atomic E-state index is 0.635. The molecular weight excluding hydrogens is 158 g/mol. The van der Waals surface area contributed by atoms with Gasteiger partial charge in [-0.05, 0) is 19.4 Å². The third-order valence-electron chi connectivity index (χ3n) is 1.41. The number of carbonyl (C=O) groups is 1. The van der Waals surface area contributed by atoms with Crippen LogP contribution >= 0.6 is 0 Å². The average Bonchev–Trinajstić information content (AvgIpc) is 2.35. The SMILES string of the molecule is Cc1cnn(N[C@@H](C)C(=O)O)c1. The summed E-state index contributed by atoms with van der Waals surface area (Å²) in [4.78, 5) is 11.8. The molecule has 5 heteroatoms. The van der Waals surface area contributed by atoms with Gasteiger partial charge in [-0.25, -0.2) is 4.79 Å². The lowest BCUT2D eigenvalue weighted by Gasteiger charge is -2.09. The summed E-state index contributed by atoms with van der Waals surface area (Å²) in [7, 11) is 0. The quantitative estimate of drug-likeness (QED) is 0.678. The molecule has 0 radical (unpaired) electrons. The number of hydrogen-bond acceptors (Lipinski definition) is 3. The van der Waals surface area contributed by atoms with Crippen molar-refractivity contribution in [1.29, 1.82) is 0 Å². The lowest BCUT2D eigenvalue weighted by Crippen LogP contribution is -2.32. The summed E-state index contributed by atoms with van der Waals surface area (Å²) in [6.07, 6.45) is 3.38. The van der Waals surface area contributed by atoms with Gasteiger partial charge < -0.3 is 5.11 Å². The molecule has 0 aromatic carbocycles. The van der Waals surface area contributed by atoms with Crippen molar-refractivity contribution >= 4 is 5.97 Å². The van der Waals surface area contributed by atoms with Gasteiger partial charge in [0.05, 0.1) is 12.4 Å². The first-order valence-corrected chi connectivity index (χ1v) is 3.60. The maximum absolute atomic E-state index is 10.4. The normalized spacial score (nSPS) is 12.5. The molecule has 0 saturated carbocycles. The summed E-state index contributed by atoms with van der Waals surface area (Å²) in [5, 5.41) is 12.4. The van der Waals surface area contributed by atoms with Crippen LogP contribution in [-0.4, -0.2) is 27.0 Å². The van der Waals surface area contributed by atoms with E-state index in [0.29, 0.717) is 0 Å². The Balaban J connectivity index is 2.58. The van der Waals surface area contributed by atoms with E-state index in [1.165, 1.54) is 4.79 Å². The molecule has 0 aliphatic rings. The van der Waals surface area contributed by atoms with Gasteiger partial charge >= 0.3 is 5.97 Å². The molecule has 1 rings (SSSR count). The summed E-state index contributed by atoms with van der Waals surface area (Å²) in [6, 6.07) is -0.635. The molecule has 1 aromatic heterocycles. The predicted octanol–water partition coefficient (Wildman–Crippen LogP) is 0.208. The van der Waals surface area contributed by atoms with Crippen molar-refractivity contribution in [2.75, 3.05) is 5.43 Å². The zero-order chi connectivity index (χ0) is 9.14. The Morgan fingerprint density at radius 1 is 1.83 bits per heavy atom. The Morgan fingerprint density at radius 2 is 2.50 bits per heavy atom. The molecule has 0 amide bonds. The number of carboxylic acid groups (broad SMARTS) is 1. The van der Waals surface area contributed by atoms with Crippen molar-refractivity contribution in [2.45, 2.75) is 19.9 Å². The van der Waals surface area contributed by atoms with Crippen molar-refractivity contribution in [1.82, 2.24) is 9.89 Å². The van der Waals surface area contributed by atoms with Gasteiger partial charge in [-0.15, -0.1) is 0 Å². The summed E-state index contributed by atoms with van der Waals surface area (Å²) < 4.78 is 0. The molecular formula is C7H11N3O2. The fourth-order valence-electron chi connectivity index (χ4n) is 0.737. The Morgan fingerprint density at radius 3 is 2.92 bits per heavy atom. The lowest BCUT2D eigenvalue weighted by molar-refractivity contribution is -0.137. The van der Waals surface area contributed by atoms with Crippen LogP contribution in [0.25, 0.3) is 0 Å². The van der Waals surface area contributed by atoms with Crippen LogP contribution in [0.1, 0.15) is 12.5 Å². The second kappa shape index (κ2) is 3.25. The molecule has 0 bridgehead atoms. The number of aliphatic carboxylic acids is 1. The molecule has 0 aliphatic heterocycles. The highest BCUT2D eigenvalue weighted by Gasteiger charge is 2.09. The van der Waals surface area contributed by atoms with Crippen LogP contribution in [-0.2, 0) is 4.79 Å². The smallest absolute Gasteiger partial charge is 0.327 e. The Labute approximate surface area is 70.0 Å². The van der Waals surface area contributed by atoms with Gasteiger partial charge in [-0.2, -0.15) is 9.89 Å². The van der Waals surface area contributed by atoms with E-state index < -0.39 is 12.0 Å². The van der Waals surface area contributed by atoms with Gasteiger partial charge in [0.2, 0.25) is 0 Å². The number of rotatable bonds is 3. The first kappa shape index (κ1) is 8.58. The van der Waals surface area contributed by atoms with Gasteiger partial charge in [-0.3, -0.25) is 5.43 Å².